The van der Waals surface area contributed by atoms with Crippen molar-refractivity contribution in [2.24, 2.45) is 0 Å². The lowest BCUT2D eigenvalue weighted by Crippen LogP contribution is -2.39. The molecule has 1 atom stereocenters. The van der Waals surface area contributed by atoms with Gasteiger partial charge in [0.1, 0.15) is 0 Å². The Bertz CT molecular complexity index is 230. The van der Waals surface area contributed by atoms with Gasteiger partial charge in [0.25, 0.3) is 0 Å². The Morgan fingerprint density at radius 3 is 2.73 bits per heavy atom. The maximum absolute atomic E-state index is 12.0. The number of rotatable bonds is 4. The molecule has 1 saturated heterocycles. The largest absolute Gasteiger partial charge is 0.390 e. The molecule has 0 radical (unpaired) electrons. The second-order valence-electron chi connectivity index (χ2n) is 3.64. The monoisotopic (exact) mass is 224 g/mol. The molecule has 1 N–H and O–H groups in total. The number of nitrogens with zero attached hydrogens (tertiary/aromatic N) is 1. The normalized spacial score (nSPS) is 22.5. The van der Waals surface area contributed by atoms with E-state index >= 15 is 0 Å². The zero-order valence-corrected chi connectivity index (χ0v) is 8.60. The van der Waals surface area contributed by atoms with Gasteiger partial charge in [-0.15, -0.1) is 0 Å². The fourth-order valence-electron chi connectivity index (χ4n) is 1.65. The number of amides is 1. The summed E-state index contributed by atoms with van der Waals surface area (Å²) < 4.78 is 36.0. The lowest BCUT2D eigenvalue weighted by molar-refractivity contribution is -0.144. The van der Waals surface area contributed by atoms with E-state index in [0.29, 0.717) is 6.42 Å². The Hall–Kier alpha value is -0.780. The van der Waals surface area contributed by atoms with Crippen LogP contribution in [0.2, 0.25) is 0 Å². The predicted molar refractivity (Wildman–Crippen MR) is 49.1 cm³/mol. The van der Waals surface area contributed by atoms with Crippen molar-refractivity contribution in [3.05, 3.63) is 0 Å². The standard InChI is InChI=1S/C9H15F3N2O/c1-2-3-7-13-6-8(15)14(7)5-4-9(10,11)12/h7,13H,2-6H2,1H3. The zero-order valence-electron chi connectivity index (χ0n) is 8.60. The van der Waals surface area contributed by atoms with Gasteiger partial charge in [0.15, 0.2) is 0 Å². The minimum Gasteiger partial charge on any atom is -0.326 e. The van der Waals surface area contributed by atoms with Gasteiger partial charge in [0, 0.05) is 6.54 Å². The average Bonchev–Trinajstić information content (AvgIpc) is 2.44. The number of hydrogen-bond donors (Lipinski definition) is 1. The van der Waals surface area contributed by atoms with Crippen LogP contribution in [0.1, 0.15) is 26.2 Å². The first-order valence-electron chi connectivity index (χ1n) is 5.03. The van der Waals surface area contributed by atoms with Crippen LogP contribution in [0.4, 0.5) is 13.2 Å². The molecular formula is C9H15F3N2O. The summed E-state index contributed by atoms with van der Waals surface area (Å²) in [6, 6.07) is 0. The Morgan fingerprint density at radius 1 is 1.53 bits per heavy atom. The Labute approximate surface area is 86.6 Å². The Morgan fingerprint density at radius 2 is 2.20 bits per heavy atom. The van der Waals surface area contributed by atoms with E-state index in [9.17, 15) is 18.0 Å². The van der Waals surface area contributed by atoms with Crippen molar-refractivity contribution in [2.45, 2.75) is 38.5 Å². The van der Waals surface area contributed by atoms with Gasteiger partial charge in [-0.3, -0.25) is 10.1 Å². The van der Waals surface area contributed by atoms with Crippen LogP contribution >= 0.6 is 0 Å². The highest BCUT2D eigenvalue weighted by Crippen LogP contribution is 2.21. The van der Waals surface area contributed by atoms with E-state index in [-0.39, 0.29) is 25.2 Å². The van der Waals surface area contributed by atoms with Crippen molar-refractivity contribution in [3.8, 4) is 0 Å². The van der Waals surface area contributed by atoms with Crippen LogP contribution in [0, 0.1) is 0 Å². The third-order valence-corrected chi connectivity index (χ3v) is 2.38. The summed E-state index contributed by atoms with van der Waals surface area (Å²) in [6.45, 7) is 1.86. The van der Waals surface area contributed by atoms with E-state index in [1.54, 1.807) is 0 Å². The molecule has 3 nitrogen and oxygen atoms in total. The van der Waals surface area contributed by atoms with E-state index in [1.807, 2.05) is 6.92 Å². The molecule has 1 amide bonds. The second kappa shape index (κ2) is 4.83. The van der Waals surface area contributed by atoms with Gasteiger partial charge >= 0.3 is 6.18 Å². The fraction of sp³-hybridized carbons (Fsp3) is 0.889. The minimum atomic E-state index is -4.19. The quantitative estimate of drug-likeness (QED) is 0.784. The van der Waals surface area contributed by atoms with Crippen molar-refractivity contribution < 1.29 is 18.0 Å². The second-order valence-corrected chi connectivity index (χ2v) is 3.64. The number of nitrogens with one attached hydrogen (secondary N) is 1. The van der Waals surface area contributed by atoms with E-state index in [1.165, 1.54) is 4.90 Å². The smallest absolute Gasteiger partial charge is 0.326 e. The van der Waals surface area contributed by atoms with Gasteiger partial charge in [-0.25, -0.2) is 0 Å². The molecular weight excluding hydrogens is 209 g/mol. The molecule has 1 aliphatic heterocycles. The maximum Gasteiger partial charge on any atom is 0.390 e. The van der Waals surface area contributed by atoms with Crippen molar-refractivity contribution in [1.82, 2.24) is 10.2 Å². The van der Waals surface area contributed by atoms with Crippen LogP contribution in [0.25, 0.3) is 0 Å². The summed E-state index contributed by atoms with van der Waals surface area (Å²) in [5.41, 5.74) is 0. The van der Waals surface area contributed by atoms with Crippen molar-refractivity contribution in [3.63, 3.8) is 0 Å². The molecule has 0 bridgehead atoms. The van der Waals surface area contributed by atoms with Gasteiger partial charge in [0.05, 0.1) is 19.1 Å². The number of carbonyl (C=O) groups is 1. The highest BCUT2D eigenvalue weighted by atomic mass is 19.4. The molecule has 6 heteroatoms. The first-order valence-corrected chi connectivity index (χ1v) is 5.03. The van der Waals surface area contributed by atoms with Crippen LogP contribution < -0.4 is 5.32 Å². The van der Waals surface area contributed by atoms with Gasteiger partial charge in [0.2, 0.25) is 5.91 Å². The van der Waals surface area contributed by atoms with E-state index < -0.39 is 12.6 Å². The number of hydrogen-bond acceptors (Lipinski definition) is 2. The van der Waals surface area contributed by atoms with Crippen molar-refractivity contribution >= 4 is 5.91 Å². The maximum atomic E-state index is 12.0. The summed E-state index contributed by atoms with van der Waals surface area (Å²) in [7, 11) is 0. The summed E-state index contributed by atoms with van der Waals surface area (Å²) in [5.74, 6) is -0.238. The SMILES string of the molecule is CCCC1NCC(=O)N1CCC(F)(F)F. The summed E-state index contributed by atoms with van der Waals surface area (Å²) in [5, 5.41) is 2.90. The zero-order chi connectivity index (χ0) is 11.5. The highest BCUT2D eigenvalue weighted by Gasteiger charge is 2.34. The topological polar surface area (TPSA) is 32.3 Å². The lowest BCUT2D eigenvalue weighted by Gasteiger charge is -2.24. The van der Waals surface area contributed by atoms with Crippen molar-refractivity contribution in [1.29, 1.82) is 0 Å². The van der Waals surface area contributed by atoms with Gasteiger partial charge in [-0.1, -0.05) is 13.3 Å². The molecule has 1 fully saturated rings. The Kier molecular flexibility index (Phi) is 3.96. The molecule has 88 valence electrons. The molecule has 1 rings (SSSR count). The molecule has 0 aromatic carbocycles. The number of halogens is 3. The molecule has 1 unspecified atom stereocenters. The molecule has 0 aromatic rings. The average molecular weight is 224 g/mol. The molecule has 0 saturated carbocycles. The van der Waals surface area contributed by atoms with Gasteiger partial charge < -0.3 is 4.90 Å². The van der Waals surface area contributed by atoms with Crippen molar-refractivity contribution in [2.75, 3.05) is 13.1 Å². The molecule has 1 heterocycles. The first kappa shape index (κ1) is 12.3. The highest BCUT2D eigenvalue weighted by molar-refractivity contribution is 5.80. The van der Waals surface area contributed by atoms with Crippen LogP contribution in [-0.4, -0.2) is 36.2 Å². The van der Waals surface area contributed by atoms with E-state index in [0.717, 1.165) is 6.42 Å². The van der Waals surface area contributed by atoms with Gasteiger partial charge in [-0.2, -0.15) is 13.2 Å². The molecule has 15 heavy (non-hydrogen) atoms. The molecule has 0 aromatic heterocycles. The molecule has 0 aliphatic carbocycles. The predicted octanol–water partition coefficient (Wildman–Crippen LogP) is 1.50. The third-order valence-electron chi connectivity index (χ3n) is 2.38. The van der Waals surface area contributed by atoms with Crippen LogP contribution in [-0.2, 0) is 4.79 Å². The lowest BCUT2D eigenvalue weighted by atomic mass is 10.2. The van der Waals surface area contributed by atoms with E-state index in [2.05, 4.69) is 5.32 Å². The number of alkyl halides is 3. The molecule has 0 spiro atoms. The van der Waals surface area contributed by atoms with Gasteiger partial charge in [-0.05, 0) is 6.42 Å². The minimum absolute atomic E-state index is 0.155. The summed E-state index contributed by atoms with van der Waals surface area (Å²) in [4.78, 5) is 12.6. The molecule has 1 aliphatic rings. The third kappa shape index (κ3) is 3.70. The van der Waals surface area contributed by atoms with Crippen LogP contribution in [0.15, 0.2) is 0 Å². The Balaban J connectivity index is 2.46. The summed E-state index contributed by atoms with van der Waals surface area (Å²) >= 11 is 0. The number of carbonyl (C=O) groups excluding carboxylic acids is 1. The van der Waals surface area contributed by atoms with Crippen LogP contribution in [0.3, 0.4) is 0 Å². The van der Waals surface area contributed by atoms with Crippen LogP contribution in [0.5, 0.6) is 0 Å². The fourth-order valence-corrected chi connectivity index (χ4v) is 1.65. The van der Waals surface area contributed by atoms with E-state index in [4.69, 9.17) is 0 Å². The summed E-state index contributed by atoms with van der Waals surface area (Å²) in [6.07, 6.45) is -3.80. The first-order chi connectivity index (χ1) is 6.94.